The second kappa shape index (κ2) is 5.55. The van der Waals surface area contributed by atoms with Crippen molar-refractivity contribution in [3.05, 3.63) is 29.8 Å². The highest BCUT2D eigenvalue weighted by molar-refractivity contribution is 6.09. The maximum atomic E-state index is 12.6. The van der Waals surface area contributed by atoms with Gasteiger partial charge in [-0.05, 0) is 13.8 Å². The zero-order chi connectivity index (χ0) is 16.8. The van der Waals surface area contributed by atoms with E-state index >= 15 is 0 Å². The highest BCUT2D eigenvalue weighted by atomic mass is 16.5. The molecule has 0 spiro atoms. The number of hydrogen-bond donors (Lipinski definition) is 0. The van der Waals surface area contributed by atoms with Crippen LogP contribution in [0.2, 0.25) is 0 Å². The van der Waals surface area contributed by atoms with E-state index in [0.717, 1.165) is 24.5 Å². The first-order valence-corrected chi connectivity index (χ1v) is 8.08. The lowest BCUT2D eigenvalue weighted by Gasteiger charge is -2.35. The van der Waals surface area contributed by atoms with Crippen LogP contribution in [0, 0.1) is 0 Å². The lowest BCUT2D eigenvalue weighted by atomic mass is 10.2. The second-order valence-corrected chi connectivity index (χ2v) is 6.46. The highest BCUT2D eigenvalue weighted by Crippen LogP contribution is 2.28. The minimum Gasteiger partial charge on any atom is -0.372 e. The third-order valence-corrected chi connectivity index (χ3v) is 4.34. The predicted molar refractivity (Wildman–Crippen MR) is 88.0 cm³/mol. The zero-order valence-electron chi connectivity index (χ0n) is 14.0. The molecule has 2 atom stereocenters. The summed E-state index contributed by atoms with van der Waals surface area (Å²) in [7, 11) is 1.83. The molecule has 1 fully saturated rings. The van der Waals surface area contributed by atoms with Crippen molar-refractivity contribution in [1.29, 1.82) is 0 Å². The van der Waals surface area contributed by atoms with E-state index in [2.05, 4.69) is 20.0 Å². The molecule has 126 valence electrons. The Morgan fingerprint density at radius 2 is 1.96 bits per heavy atom. The molecule has 1 amide bonds. The fourth-order valence-corrected chi connectivity index (χ4v) is 3.32. The molecule has 2 aromatic heterocycles. The summed E-state index contributed by atoms with van der Waals surface area (Å²) in [6.45, 7) is 6.05. The van der Waals surface area contributed by atoms with Crippen LogP contribution in [-0.2, 0) is 18.3 Å². The number of fused-ring (bicyclic) bond motifs is 1. The van der Waals surface area contributed by atoms with Crippen molar-refractivity contribution in [2.75, 3.05) is 22.9 Å². The van der Waals surface area contributed by atoms with E-state index in [0.29, 0.717) is 18.1 Å². The summed E-state index contributed by atoms with van der Waals surface area (Å²) >= 11 is 0. The molecule has 0 bridgehead atoms. The van der Waals surface area contributed by atoms with E-state index in [9.17, 15) is 4.79 Å². The second-order valence-electron chi connectivity index (χ2n) is 6.46. The van der Waals surface area contributed by atoms with Gasteiger partial charge < -0.3 is 9.64 Å². The number of ether oxygens (including phenoxy) is 1. The zero-order valence-corrected chi connectivity index (χ0v) is 14.0. The van der Waals surface area contributed by atoms with Crippen LogP contribution in [0.15, 0.2) is 18.6 Å². The van der Waals surface area contributed by atoms with Gasteiger partial charge in [-0.1, -0.05) is 0 Å². The molecule has 4 heterocycles. The Labute approximate surface area is 140 Å². The van der Waals surface area contributed by atoms with E-state index in [4.69, 9.17) is 4.74 Å². The minimum absolute atomic E-state index is 0.0757. The van der Waals surface area contributed by atoms with Crippen molar-refractivity contribution in [3.63, 3.8) is 0 Å². The molecule has 0 unspecified atom stereocenters. The van der Waals surface area contributed by atoms with Gasteiger partial charge in [-0.15, -0.1) is 0 Å². The topological polar surface area (TPSA) is 76.4 Å². The molecule has 0 radical (unpaired) electrons. The summed E-state index contributed by atoms with van der Waals surface area (Å²) in [6.07, 6.45) is 5.42. The fraction of sp³-hybridized carbons (Fsp3) is 0.500. The average molecular weight is 328 g/mol. The summed E-state index contributed by atoms with van der Waals surface area (Å²) in [6, 6.07) is 0. The van der Waals surface area contributed by atoms with Gasteiger partial charge in [0.15, 0.2) is 0 Å². The number of aromatic nitrogens is 4. The Kier molecular flexibility index (Phi) is 3.49. The molecule has 0 N–H and O–H groups in total. The van der Waals surface area contributed by atoms with Gasteiger partial charge in [-0.2, -0.15) is 5.10 Å². The molecule has 2 aromatic rings. The molecule has 0 aliphatic carbocycles. The molecule has 0 aromatic carbocycles. The fourth-order valence-electron chi connectivity index (χ4n) is 3.32. The number of hydrogen-bond acceptors (Lipinski definition) is 6. The molecular formula is C16H20N6O2. The van der Waals surface area contributed by atoms with Gasteiger partial charge in [-0.3, -0.25) is 14.4 Å². The third kappa shape index (κ3) is 2.52. The third-order valence-electron chi connectivity index (χ3n) is 4.34. The van der Waals surface area contributed by atoms with Crippen LogP contribution >= 0.6 is 0 Å². The molecule has 0 saturated carbocycles. The lowest BCUT2D eigenvalue weighted by molar-refractivity contribution is -0.00573. The number of carbonyl (C=O) groups excluding carboxylic acids is 1. The largest absolute Gasteiger partial charge is 0.372 e. The monoisotopic (exact) mass is 328 g/mol. The van der Waals surface area contributed by atoms with Crippen LogP contribution in [0.5, 0.6) is 0 Å². The van der Waals surface area contributed by atoms with Crippen LogP contribution in [0.3, 0.4) is 0 Å². The van der Waals surface area contributed by atoms with E-state index in [1.54, 1.807) is 22.0 Å². The smallest absolute Gasteiger partial charge is 0.262 e. The minimum atomic E-state index is -0.0757. The van der Waals surface area contributed by atoms with Crippen LogP contribution in [0.4, 0.5) is 11.6 Å². The average Bonchev–Trinajstić information content (AvgIpc) is 3.10. The molecule has 8 nitrogen and oxygen atoms in total. The Morgan fingerprint density at radius 1 is 1.21 bits per heavy atom. The first kappa shape index (κ1) is 15.1. The van der Waals surface area contributed by atoms with Crippen molar-refractivity contribution in [2.24, 2.45) is 7.05 Å². The number of aryl methyl sites for hydroxylation is 1. The standard InChI is InChI=1S/C16H20N6O2/c1-10-6-21(7-11(2)24-10)16-17-5-13-14(19-16)9-22(15(13)23)12-4-18-20(3)8-12/h4-5,8,10-11H,6-7,9H2,1-3H3/t10-,11+. The van der Waals surface area contributed by atoms with Crippen LogP contribution in [0.25, 0.3) is 0 Å². The van der Waals surface area contributed by atoms with E-state index in [-0.39, 0.29) is 18.1 Å². The highest BCUT2D eigenvalue weighted by Gasteiger charge is 2.32. The number of morpholine rings is 1. The Morgan fingerprint density at radius 3 is 2.62 bits per heavy atom. The maximum Gasteiger partial charge on any atom is 0.262 e. The molecule has 2 aliphatic heterocycles. The first-order valence-electron chi connectivity index (χ1n) is 8.08. The summed E-state index contributed by atoms with van der Waals surface area (Å²) in [5.74, 6) is 0.588. The van der Waals surface area contributed by atoms with Gasteiger partial charge in [0, 0.05) is 32.5 Å². The van der Waals surface area contributed by atoms with Crippen molar-refractivity contribution in [3.8, 4) is 0 Å². The maximum absolute atomic E-state index is 12.6. The number of rotatable bonds is 2. The molecule has 4 rings (SSSR count). The lowest BCUT2D eigenvalue weighted by Crippen LogP contribution is -2.46. The number of amides is 1. The van der Waals surface area contributed by atoms with Crippen molar-refractivity contribution in [1.82, 2.24) is 19.7 Å². The van der Waals surface area contributed by atoms with Gasteiger partial charge >= 0.3 is 0 Å². The van der Waals surface area contributed by atoms with Crippen molar-refractivity contribution in [2.45, 2.75) is 32.6 Å². The Bertz CT molecular complexity index is 779. The van der Waals surface area contributed by atoms with E-state index in [1.807, 2.05) is 27.1 Å². The summed E-state index contributed by atoms with van der Waals surface area (Å²) < 4.78 is 7.44. The van der Waals surface area contributed by atoms with Crippen LogP contribution < -0.4 is 9.80 Å². The van der Waals surface area contributed by atoms with Gasteiger partial charge in [0.2, 0.25) is 5.95 Å². The first-order chi connectivity index (χ1) is 11.5. The van der Waals surface area contributed by atoms with E-state index in [1.165, 1.54) is 0 Å². The summed E-state index contributed by atoms with van der Waals surface area (Å²) in [5.41, 5.74) is 2.10. The van der Waals surface area contributed by atoms with Crippen molar-refractivity contribution < 1.29 is 9.53 Å². The molecular weight excluding hydrogens is 308 g/mol. The van der Waals surface area contributed by atoms with Gasteiger partial charge in [0.25, 0.3) is 5.91 Å². The Balaban J connectivity index is 1.61. The van der Waals surface area contributed by atoms with Gasteiger partial charge in [-0.25, -0.2) is 9.97 Å². The molecule has 24 heavy (non-hydrogen) atoms. The molecule has 2 aliphatic rings. The summed E-state index contributed by atoms with van der Waals surface area (Å²) in [4.78, 5) is 25.4. The number of anilines is 2. The molecule has 1 saturated heterocycles. The van der Waals surface area contributed by atoms with E-state index < -0.39 is 0 Å². The quantitative estimate of drug-likeness (QED) is 0.818. The summed E-state index contributed by atoms with van der Waals surface area (Å²) in [5, 5.41) is 4.13. The predicted octanol–water partition coefficient (Wildman–Crippen LogP) is 0.984. The SMILES string of the molecule is C[C@@H]1CN(c2ncc3c(n2)CN(c2cnn(C)c2)C3=O)C[C@H](C)O1. The van der Waals surface area contributed by atoms with Gasteiger partial charge in [0.05, 0.1) is 41.9 Å². The Hall–Kier alpha value is -2.48. The van der Waals surface area contributed by atoms with Gasteiger partial charge in [0.1, 0.15) is 0 Å². The van der Waals surface area contributed by atoms with Crippen LogP contribution in [-0.4, -0.2) is 51.0 Å². The van der Waals surface area contributed by atoms with Crippen molar-refractivity contribution >= 4 is 17.5 Å². The number of nitrogens with zero attached hydrogens (tertiary/aromatic N) is 6. The normalized spacial score (nSPS) is 23.7. The molecule has 8 heteroatoms. The van der Waals surface area contributed by atoms with Crippen LogP contribution in [0.1, 0.15) is 29.9 Å². The number of carbonyl (C=O) groups is 1.